The van der Waals surface area contributed by atoms with Gasteiger partial charge in [-0.25, -0.2) is 4.98 Å². The van der Waals surface area contributed by atoms with Crippen molar-refractivity contribution < 1.29 is 14.3 Å². The lowest BCUT2D eigenvalue weighted by atomic mass is 10.1. The Balaban J connectivity index is 1.52. The maximum Gasteiger partial charge on any atom is 0.264 e. The summed E-state index contributed by atoms with van der Waals surface area (Å²) < 4.78 is 10.7. The Morgan fingerprint density at radius 3 is 2.65 bits per heavy atom. The largest absolute Gasteiger partial charge is 0.497 e. The topological polar surface area (TPSA) is 60.5 Å². The molecule has 0 saturated heterocycles. The second-order valence-corrected chi connectivity index (χ2v) is 6.87. The molecule has 0 aliphatic rings. The maximum atomic E-state index is 12.1. The Kier molecular flexibility index (Phi) is 5.86. The lowest BCUT2D eigenvalue weighted by molar-refractivity contribution is -0.118. The molecular weight excluding hydrogens is 348 g/mol. The van der Waals surface area contributed by atoms with Crippen molar-refractivity contribution in [2.24, 2.45) is 0 Å². The van der Waals surface area contributed by atoms with Gasteiger partial charge in [-0.2, -0.15) is 0 Å². The number of carbonyl (C=O) groups is 1. The van der Waals surface area contributed by atoms with Gasteiger partial charge in [0.15, 0.2) is 11.7 Å². The summed E-state index contributed by atoms with van der Waals surface area (Å²) in [4.78, 5) is 17.4. The van der Waals surface area contributed by atoms with E-state index in [-0.39, 0.29) is 12.5 Å². The van der Waals surface area contributed by atoms with Gasteiger partial charge in [0.25, 0.3) is 5.91 Å². The van der Waals surface area contributed by atoms with Crippen LogP contribution in [0.5, 0.6) is 11.5 Å². The van der Waals surface area contributed by atoms with E-state index in [0.29, 0.717) is 10.9 Å². The van der Waals surface area contributed by atoms with Crippen molar-refractivity contribution >= 4 is 22.4 Å². The van der Waals surface area contributed by atoms with E-state index in [4.69, 9.17) is 9.47 Å². The van der Waals surface area contributed by atoms with E-state index in [1.54, 1.807) is 13.3 Å². The number of anilines is 1. The first-order chi connectivity index (χ1) is 12.6. The van der Waals surface area contributed by atoms with Crippen LogP contribution in [0.4, 0.5) is 5.13 Å². The molecule has 1 aromatic heterocycles. The molecule has 0 aliphatic carbocycles. The highest BCUT2D eigenvalue weighted by atomic mass is 32.1. The Hall–Kier alpha value is -2.86. The summed E-state index contributed by atoms with van der Waals surface area (Å²) in [7, 11) is 1.65. The van der Waals surface area contributed by atoms with Gasteiger partial charge in [0.2, 0.25) is 0 Å². The van der Waals surface area contributed by atoms with Gasteiger partial charge in [-0.3, -0.25) is 10.1 Å². The van der Waals surface area contributed by atoms with Crippen molar-refractivity contribution in [2.45, 2.75) is 13.3 Å². The number of nitrogens with zero attached hydrogens (tertiary/aromatic N) is 1. The van der Waals surface area contributed by atoms with Crippen LogP contribution in [0.1, 0.15) is 16.0 Å². The number of aromatic nitrogens is 1. The number of hydrogen-bond donors (Lipinski definition) is 1. The fourth-order valence-electron chi connectivity index (χ4n) is 2.41. The molecule has 134 valence electrons. The van der Waals surface area contributed by atoms with E-state index >= 15 is 0 Å². The van der Waals surface area contributed by atoms with Crippen LogP contribution in [0.2, 0.25) is 0 Å². The number of methoxy groups -OCH3 is 1. The molecule has 0 aliphatic heterocycles. The number of rotatable bonds is 7. The molecule has 5 nitrogen and oxygen atoms in total. The zero-order chi connectivity index (χ0) is 18.4. The van der Waals surface area contributed by atoms with Crippen molar-refractivity contribution in [1.82, 2.24) is 4.98 Å². The molecule has 0 saturated carbocycles. The normalized spacial score (nSPS) is 10.4. The third-order valence-electron chi connectivity index (χ3n) is 3.79. The van der Waals surface area contributed by atoms with Gasteiger partial charge < -0.3 is 9.47 Å². The minimum Gasteiger partial charge on any atom is -0.497 e. The van der Waals surface area contributed by atoms with Crippen LogP contribution in [-0.4, -0.2) is 24.6 Å². The summed E-state index contributed by atoms with van der Waals surface area (Å²) in [5.74, 6) is 1.32. The average Bonchev–Trinajstić information content (AvgIpc) is 3.08. The van der Waals surface area contributed by atoms with E-state index in [2.05, 4.69) is 10.3 Å². The molecular formula is C20H20N2O3S. The number of amides is 1. The predicted molar refractivity (Wildman–Crippen MR) is 103 cm³/mol. The Morgan fingerprint density at radius 2 is 1.92 bits per heavy atom. The van der Waals surface area contributed by atoms with Crippen LogP contribution >= 0.6 is 11.3 Å². The van der Waals surface area contributed by atoms with E-state index in [0.717, 1.165) is 28.2 Å². The van der Waals surface area contributed by atoms with Gasteiger partial charge in [-0.15, -0.1) is 11.3 Å². The maximum absolute atomic E-state index is 12.1. The molecule has 1 N–H and O–H groups in total. The fraction of sp³-hybridized carbons (Fsp3) is 0.200. The standard InChI is InChI=1S/C20H20N2O3S/c1-14-5-3-4-6-18(14)25-13-19(23)22-20-21-12-17(26-20)11-15-7-9-16(24-2)10-8-15/h3-10,12H,11,13H2,1-2H3,(H,21,22,23). The van der Waals surface area contributed by atoms with Gasteiger partial charge >= 0.3 is 0 Å². The van der Waals surface area contributed by atoms with Crippen LogP contribution in [0.15, 0.2) is 54.7 Å². The highest BCUT2D eigenvalue weighted by Crippen LogP contribution is 2.22. The van der Waals surface area contributed by atoms with Crippen molar-refractivity contribution in [3.63, 3.8) is 0 Å². The quantitative estimate of drug-likeness (QED) is 0.683. The first-order valence-corrected chi connectivity index (χ1v) is 9.01. The Bertz CT molecular complexity index is 875. The Morgan fingerprint density at radius 1 is 1.15 bits per heavy atom. The highest BCUT2D eigenvalue weighted by Gasteiger charge is 2.09. The minimum atomic E-state index is -0.224. The van der Waals surface area contributed by atoms with Crippen LogP contribution < -0.4 is 14.8 Å². The summed E-state index contributed by atoms with van der Waals surface area (Å²) in [5, 5.41) is 3.36. The summed E-state index contributed by atoms with van der Waals surface area (Å²) >= 11 is 1.46. The highest BCUT2D eigenvalue weighted by molar-refractivity contribution is 7.15. The summed E-state index contributed by atoms with van der Waals surface area (Å²) in [6, 6.07) is 15.5. The van der Waals surface area contributed by atoms with Gasteiger partial charge in [0.05, 0.1) is 7.11 Å². The molecule has 0 fully saturated rings. The fourth-order valence-corrected chi connectivity index (χ4v) is 3.27. The molecule has 0 unspecified atom stereocenters. The number of thiazole rings is 1. The van der Waals surface area contributed by atoms with E-state index < -0.39 is 0 Å². The molecule has 1 heterocycles. The van der Waals surface area contributed by atoms with Crippen LogP contribution in [0, 0.1) is 6.92 Å². The lowest BCUT2D eigenvalue weighted by Crippen LogP contribution is -2.20. The van der Waals surface area contributed by atoms with Crippen LogP contribution in [0.25, 0.3) is 0 Å². The predicted octanol–water partition coefficient (Wildman–Crippen LogP) is 4.07. The van der Waals surface area contributed by atoms with Crippen LogP contribution in [0.3, 0.4) is 0 Å². The monoisotopic (exact) mass is 368 g/mol. The van der Waals surface area contributed by atoms with E-state index in [1.165, 1.54) is 11.3 Å². The van der Waals surface area contributed by atoms with Crippen molar-refractivity contribution in [3.8, 4) is 11.5 Å². The van der Waals surface area contributed by atoms with E-state index in [9.17, 15) is 4.79 Å². The summed E-state index contributed by atoms with van der Waals surface area (Å²) in [6.07, 6.45) is 2.55. The smallest absolute Gasteiger partial charge is 0.264 e. The average molecular weight is 368 g/mol. The first kappa shape index (κ1) is 17.9. The van der Waals surface area contributed by atoms with E-state index in [1.807, 2.05) is 55.5 Å². The molecule has 0 atom stereocenters. The molecule has 2 aromatic carbocycles. The third-order valence-corrected chi connectivity index (χ3v) is 4.70. The molecule has 3 aromatic rings. The van der Waals surface area contributed by atoms with Gasteiger partial charge in [-0.1, -0.05) is 30.3 Å². The summed E-state index contributed by atoms with van der Waals surface area (Å²) in [5.41, 5.74) is 2.16. The number of carbonyl (C=O) groups excluding carboxylic acids is 1. The molecule has 0 spiro atoms. The van der Waals surface area contributed by atoms with Crippen molar-refractivity contribution in [3.05, 3.63) is 70.7 Å². The second kappa shape index (κ2) is 8.49. The second-order valence-electron chi connectivity index (χ2n) is 5.76. The Labute approximate surface area is 156 Å². The number of ether oxygens (including phenoxy) is 2. The number of benzene rings is 2. The van der Waals surface area contributed by atoms with Gasteiger partial charge in [0.1, 0.15) is 11.5 Å². The number of hydrogen-bond acceptors (Lipinski definition) is 5. The number of aryl methyl sites for hydroxylation is 1. The third kappa shape index (κ3) is 4.83. The zero-order valence-electron chi connectivity index (χ0n) is 14.7. The first-order valence-electron chi connectivity index (χ1n) is 8.20. The van der Waals surface area contributed by atoms with Crippen molar-refractivity contribution in [1.29, 1.82) is 0 Å². The summed E-state index contributed by atoms with van der Waals surface area (Å²) in [6.45, 7) is 1.90. The molecule has 1 amide bonds. The minimum absolute atomic E-state index is 0.0434. The lowest BCUT2D eigenvalue weighted by Gasteiger charge is -2.08. The molecule has 26 heavy (non-hydrogen) atoms. The van der Waals surface area contributed by atoms with Crippen molar-refractivity contribution in [2.75, 3.05) is 19.0 Å². The van der Waals surface area contributed by atoms with Gasteiger partial charge in [-0.05, 0) is 36.2 Å². The molecule has 0 bridgehead atoms. The number of para-hydroxylation sites is 1. The zero-order valence-corrected chi connectivity index (χ0v) is 15.5. The molecule has 3 rings (SSSR count). The van der Waals surface area contributed by atoms with Gasteiger partial charge in [0, 0.05) is 17.5 Å². The SMILES string of the molecule is COc1ccc(Cc2cnc(NC(=O)COc3ccccc3C)s2)cc1. The molecule has 6 heteroatoms. The molecule has 0 radical (unpaired) electrons. The van der Waals surface area contributed by atoms with Crippen LogP contribution in [-0.2, 0) is 11.2 Å². The number of nitrogens with one attached hydrogen (secondary N) is 1.